The Kier molecular flexibility index (Phi) is 3.26. The lowest BCUT2D eigenvalue weighted by atomic mass is 10.1. The third kappa shape index (κ3) is 2.64. The molecule has 1 aromatic heterocycles. The zero-order valence-electron chi connectivity index (χ0n) is 8.12. The van der Waals surface area contributed by atoms with Crippen molar-refractivity contribution >= 4 is 0 Å². The average molecular weight is 167 g/mol. The van der Waals surface area contributed by atoms with Crippen LogP contribution in [0.2, 0.25) is 0 Å². The van der Waals surface area contributed by atoms with Gasteiger partial charge in [-0.05, 0) is 19.3 Å². The van der Waals surface area contributed by atoms with Crippen LogP contribution in [0.5, 0.6) is 0 Å². The SMILES string of the molecule is CCCC(C)Cn1cc(C)nn1. The highest BCUT2D eigenvalue weighted by Crippen LogP contribution is 2.07. The van der Waals surface area contributed by atoms with Gasteiger partial charge in [0.25, 0.3) is 0 Å². The molecule has 0 aliphatic carbocycles. The van der Waals surface area contributed by atoms with Crippen molar-refractivity contribution in [1.82, 2.24) is 15.0 Å². The fourth-order valence-electron chi connectivity index (χ4n) is 1.39. The maximum absolute atomic E-state index is 4.00. The molecule has 68 valence electrons. The van der Waals surface area contributed by atoms with E-state index >= 15 is 0 Å². The molecule has 0 aromatic carbocycles. The van der Waals surface area contributed by atoms with E-state index < -0.39 is 0 Å². The van der Waals surface area contributed by atoms with Crippen molar-refractivity contribution in [2.45, 2.75) is 40.2 Å². The molecule has 1 heterocycles. The quantitative estimate of drug-likeness (QED) is 0.687. The molecule has 1 aromatic rings. The van der Waals surface area contributed by atoms with E-state index in [0.717, 1.165) is 12.2 Å². The molecule has 12 heavy (non-hydrogen) atoms. The van der Waals surface area contributed by atoms with Crippen LogP contribution in [0.15, 0.2) is 6.20 Å². The van der Waals surface area contributed by atoms with Gasteiger partial charge in [0, 0.05) is 12.7 Å². The molecule has 0 amide bonds. The van der Waals surface area contributed by atoms with Crippen molar-refractivity contribution in [3.05, 3.63) is 11.9 Å². The maximum atomic E-state index is 4.00. The molecule has 3 nitrogen and oxygen atoms in total. The maximum Gasteiger partial charge on any atom is 0.0796 e. The van der Waals surface area contributed by atoms with Gasteiger partial charge in [0.1, 0.15) is 0 Å². The van der Waals surface area contributed by atoms with Crippen molar-refractivity contribution in [3.63, 3.8) is 0 Å². The highest BCUT2D eigenvalue weighted by atomic mass is 15.4. The molecule has 1 rings (SSSR count). The summed E-state index contributed by atoms with van der Waals surface area (Å²) in [4.78, 5) is 0. The Morgan fingerprint density at radius 1 is 1.58 bits per heavy atom. The van der Waals surface area contributed by atoms with E-state index in [9.17, 15) is 0 Å². The summed E-state index contributed by atoms with van der Waals surface area (Å²) in [6.45, 7) is 7.42. The second-order valence-corrected chi connectivity index (χ2v) is 3.48. The monoisotopic (exact) mass is 167 g/mol. The summed E-state index contributed by atoms with van der Waals surface area (Å²) in [5, 5.41) is 7.95. The summed E-state index contributed by atoms with van der Waals surface area (Å²) in [5.41, 5.74) is 0.999. The molecule has 0 radical (unpaired) electrons. The van der Waals surface area contributed by atoms with E-state index in [1.807, 2.05) is 17.8 Å². The number of rotatable bonds is 4. The second kappa shape index (κ2) is 4.24. The van der Waals surface area contributed by atoms with Gasteiger partial charge in [-0.25, -0.2) is 0 Å². The summed E-state index contributed by atoms with van der Waals surface area (Å²) in [5.74, 6) is 0.705. The van der Waals surface area contributed by atoms with Gasteiger partial charge in [0.2, 0.25) is 0 Å². The van der Waals surface area contributed by atoms with Gasteiger partial charge < -0.3 is 0 Å². The third-order valence-corrected chi connectivity index (χ3v) is 1.93. The van der Waals surface area contributed by atoms with Crippen LogP contribution in [0.4, 0.5) is 0 Å². The van der Waals surface area contributed by atoms with Gasteiger partial charge in [0.05, 0.1) is 5.69 Å². The van der Waals surface area contributed by atoms with Crippen LogP contribution in [-0.4, -0.2) is 15.0 Å². The molecular formula is C9H17N3. The van der Waals surface area contributed by atoms with E-state index in [1.54, 1.807) is 0 Å². The van der Waals surface area contributed by atoms with Gasteiger partial charge in [-0.1, -0.05) is 25.5 Å². The molecule has 0 N–H and O–H groups in total. The lowest BCUT2D eigenvalue weighted by Gasteiger charge is -2.08. The van der Waals surface area contributed by atoms with Crippen LogP contribution in [-0.2, 0) is 6.54 Å². The number of aryl methyl sites for hydroxylation is 1. The molecule has 1 atom stereocenters. The van der Waals surface area contributed by atoms with Crippen LogP contribution >= 0.6 is 0 Å². The topological polar surface area (TPSA) is 30.7 Å². The Morgan fingerprint density at radius 2 is 2.33 bits per heavy atom. The van der Waals surface area contributed by atoms with Crippen LogP contribution in [0.25, 0.3) is 0 Å². The van der Waals surface area contributed by atoms with Gasteiger partial charge in [-0.2, -0.15) is 0 Å². The number of hydrogen-bond donors (Lipinski definition) is 0. The minimum absolute atomic E-state index is 0.705. The number of hydrogen-bond acceptors (Lipinski definition) is 2. The largest absolute Gasteiger partial charge is 0.252 e. The molecule has 0 aliphatic rings. The van der Waals surface area contributed by atoms with Gasteiger partial charge in [-0.15, -0.1) is 5.10 Å². The number of aromatic nitrogens is 3. The van der Waals surface area contributed by atoms with E-state index in [2.05, 4.69) is 24.2 Å². The molecule has 0 aliphatic heterocycles. The summed E-state index contributed by atoms with van der Waals surface area (Å²) < 4.78 is 1.93. The third-order valence-electron chi connectivity index (χ3n) is 1.93. The zero-order chi connectivity index (χ0) is 8.97. The zero-order valence-corrected chi connectivity index (χ0v) is 8.12. The Hall–Kier alpha value is -0.860. The van der Waals surface area contributed by atoms with E-state index in [4.69, 9.17) is 0 Å². The predicted octanol–water partition coefficient (Wildman–Crippen LogP) is 2.02. The van der Waals surface area contributed by atoms with Gasteiger partial charge >= 0.3 is 0 Å². The van der Waals surface area contributed by atoms with E-state index in [1.165, 1.54) is 12.8 Å². The smallest absolute Gasteiger partial charge is 0.0796 e. The molecule has 0 spiro atoms. The fourth-order valence-corrected chi connectivity index (χ4v) is 1.39. The molecular weight excluding hydrogens is 150 g/mol. The molecule has 0 fully saturated rings. The molecule has 0 bridgehead atoms. The van der Waals surface area contributed by atoms with Crippen LogP contribution in [0, 0.1) is 12.8 Å². The Balaban J connectivity index is 2.41. The summed E-state index contributed by atoms with van der Waals surface area (Å²) in [7, 11) is 0. The fraction of sp³-hybridized carbons (Fsp3) is 0.778. The Morgan fingerprint density at radius 3 is 2.83 bits per heavy atom. The van der Waals surface area contributed by atoms with Crippen LogP contribution < -0.4 is 0 Å². The van der Waals surface area contributed by atoms with E-state index in [0.29, 0.717) is 5.92 Å². The van der Waals surface area contributed by atoms with Crippen molar-refractivity contribution in [2.24, 2.45) is 5.92 Å². The van der Waals surface area contributed by atoms with Crippen molar-refractivity contribution in [1.29, 1.82) is 0 Å². The summed E-state index contributed by atoms with van der Waals surface area (Å²) >= 11 is 0. The van der Waals surface area contributed by atoms with Crippen molar-refractivity contribution in [2.75, 3.05) is 0 Å². The van der Waals surface area contributed by atoms with Crippen molar-refractivity contribution in [3.8, 4) is 0 Å². The highest BCUT2D eigenvalue weighted by Gasteiger charge is 2.02. The lowest BCUT2D eigenvalue weighted by Crippen LogP contribution is -2.07. The standard InChI is InChI=1S/C9H17N3/c1-4-5-8(2)6-12-7-9(3)10-11-12/h7-8H,4-6H2,1-3H3. The average Bonchev–Trinajstić information content (AvgIpc) is 2.36. The molecule has 1 unspecified atom stereocenters. The Labute approximate surface area is 73.8 Å². The number of nitrogens with zero attached hydrogens (tertiary/aromatic N) is 3. The minimum atomic E-state index is 0.705. The minimum Gasteiger partial charge on any atom is -0.252 e. The lowest BCUT2D eigenvalue weighted by molar-refractivity contribution is 0.414. The first-order chi connectivity index (χ1) is 5.72. The molecule has 0 saturated heterocycles. The van der Waals surface area contributed by atoms with Gasteiger partial charge in [0.15, 0.2) is 0 Å². The second-order valence-electron chi connectivity index (χ2n) is 3.48. The van der Waals surface area contributed by atoms with Crippen molar-refractivity contribution < 1.29 is 0 Å². The summed E-state index contributed by atoms with van der Waals surface area (Å²) in [6.07, 6.45) is 4.50. The first-order valence-corrected chi connectivity index (χ1v) is 4.59. The predicted molar refractivity (Wildman–Crippen MR) is 48.8 cm³/mol. The van der Waals surface area contributed by atoms with Crippen LogP contribution in [0.1, 0.15) is 32.4 Å². The molecule has 3 heteroatoms. The first-order valence-electron chi connectivity index (χ1n) is 4.59. The van der Waals surface area contributed by atoms with E-state index in [-0.39, 0.29) is 0 Å². The normalized spacial score (nSPS) is 13.2. The highest BCUT2D eigenvalue weighted by molar-refractivity contribution is 4.86. The molecule has 0 saturated carbocycles. The first kappa shape index (κ1) is 9.23. The van der Waals surface area contributed by atoms with Gasteiger partial charge in [-0.3, -0.25) is 4.68 Å². The van der Waals surface area contributed by atoms with Crippen LogP contribution in [0.3, 0.4) is 0 Å². The summed E-state index contributed by atoms with van der Waals surface area (Å²) in [6, 6.07) is 0. The Bertz CT molecular complexity index is 229.